The number of hydrogen-bond donors (Lipinski definition) is 0. The second-order valence-corrected chi connectivity index (χ2v) is 7.17. The summed E-state index contributed by atoms with van der Waals surface area (Å²) in [6.07, 6.45) is 3.47. The minimum atomic E-state index is -5.85. The largest absolute Gasteiger partial charge is 0.534 e. The number of nitroso groups, excluding NO2 is 1. The molecule has 1 saturated carbocycles. The molecule has 7 nitrogen and oxygen atoms in total. The van der Waals surface area contributed by atoms with Crippen molar-refractivity contribution >= 4 is 10.1 Å². The van der Waals surface area contributed by atoms with Gasteiger partial charge in [-0.1, -0.05) is 36.5 Å². The maximum atomic E-state index is 12.5. The van der Waals surface area contributed by atoms with Gasteiger partial charge < -0.3 is 8.71 Å². The molecule has 0 bridgehead atoms. The molecule has 2 unspecified atom stereocenters. The van der Waals surface area contributed by atoms with E-state index in [2.05, 4.69) is 14.5 Å². The predicted molar refractivity (Wildman–Crippen MR) is 76.9 cm³/mol. The number of aromatic nitrogens is 1. The highest BCUT2D eigenvalue weighted by Gasteiger charge is 2.50. The highest BCUT2D eigenvalue weighted by molar-refractivity contribution is 7.87. The van der Waals surface area contributed by atoms with Gasteiger partial charge in [0, 0.05) is 5.92 Å². The zero-order valence-corrected chi connectivity index (χ0v) is 13.7. The molecule has 0 radical (unpaired) electrons. The van der Waals surface area contributed by atoms with Crippen molar-refractivity contribution in [1.82, 2.24) is 5.16 Å². The Bertz CT molecular complexity index is 686. The summed E-state index contributed by atoms with van der Waals surface area (Å²) in [7, 11) is -5.85. The molecule has 1 heterocycles. The Morgan fingerprint density at radius 2 is 2.00 bits per heavy atom. The van der Waals surface area contributed by atoms with Crippen LogP contribution in [0.1, 0.15) is 56.2 Å². The highest BCUT2D eigenvalue weighted by atomic mass is 32.2. The zero-order chi connectivity index (χ0) is 18.0. The molecule has 1 aromatic heterocycles. The van der Waals surface area contributed by atoms with E-state index in [1.165, 1.54) is 0 Å². The molecule has 1 aliphatic rings. The molecule has 0 saturated heterocycles. The van der Waals surface area contributed by atoms with Gasteiger partial charge in [0.1, 0.15) is 6.04 Å². The van der Waals surface area contributed by atoms with Crippen LogP contribution < -0.4 is 4.18 Å². The first-order valence-corrected chi connectivity index (χ1v) is 8.93. The summed E-state index contributed by atoms with van der Waals surface area (Å²) in [6, 6.07) is -0.563. The average molecular weight is 370 g/mol. The molecule has 0 spiro atoms. The number of nitrogens with zero attached hydrogens (tertiary/aromatic N) is 2. The highest BCUT2D eigenvalue weighted by Crippen LogP contribution is 2.40. The fourth-order valence-corrected chi connectivity index (χ4v) is 3.27. The molecule has 24 heavy (non-hydrogen) atoms. The lowest BCUT2D eigenvalue weighted by Gasteiger charge is -2.25. The van der Waals surface area contributed by atoms with E-state index in [-0.39, 0.29) is 17.7 Å². The lowest BCUT2D eigenvalue weighted by Crippen LogP contribution is -2.28. The zero-order valence-electron chi connectivity index (χ0n) is 12.9. The van der Waals surface area contributed by atoms with Crippen LogP contribution in [0.25, 0.3) is 0 Å². The van der Waals surface area contributed by atoms with Crippen molar-refractivity contribution in [3.63, 3.8) is 0 Å². The Balaban J connectivity index is 2.38. The molecule has 1 fully saturated rings. The summed E-state index contributed by atoms with van der Waals surface area (Å²) in [5, 5.41) is 6.75. The van der Waals surface area contributed by atoms with Crippen molar-refractivity contribution in [3.8, 4) is 5.95 Å². The van der Waals surface area contributed by atoms with Crippen LogP contribution in [-0.4, -0.2) is 25.1 Å². The molecule has 1 aromatic rings. The van der Waals surface area contributed by atoms with Crippen LogP contribution in [-0.2, 0) is 16.5 Å². The second kappa shape index (κ2) is 7.08. The number of hydrogen-bond acceptors (Lipinski definition) is 7. The van der Waals surface area contributed by atoms with Crippen LogP contribution in [0.4, 0.5) is 13.2 Å². The number of halogens is 3. The molecule has 136 valence electrons. The summed E-state index contributed by atoms with van der Waals surface area (Å²) >= 11 is 0. The Kier molecular flexibility index (Phi) is 5.51. The van der Waals surface area contributed by atoms with Gasteiger partial charge in [-0.2, -0.15) is 26.5 Å². The fraction of sp³-hybridized carbons (Fsp3) is 0.769. The molecule has 11 heteroatoms. The van der Waals surface area contributed by atoms with Crippen LogP contribution in [0.15, 0.2) is 9.70 Å². The molecule has 1 aliphatic carbocycles. The lowest BCUT2D eigenvalue weighted by molar-refractivity contribution is -0.0508. The second-order valence-electron chi connectivity index (χ2n) is 5.63. The van der Waals surface area contributed by atoms with Gasteiger partial charge in [0.25, 0.3) is 0 Å². The Morgan fingerprint density at radius 3 is 2.58 bits per heavy atom. The monoisotopic (exact) mass is 370 g/mol. The number of alkyl halides is 3. The van der Waals surface area contributed by atoms with Gasteiger partial charge in [0.15, 0.2) is 0 Å². The van der Waals surface area contributed by atoms with Crippen LogP contribution in [0.5, 0.6) is 5.95 Å². The summed E-state index contributed by atoms with van der Waals surface area (Å²) in [5.74, 6) is -1.20. The third-order valence-electron chi connectivity index (χ3n) is 3.97. The topological polar surface area (TPSA) is 98.8 Å². The lowest BCUT2D eigenvalue weighted by atomic mass is 9.81. The third kappa shape index (κ3) is 3.70. The SMILES string of the molecule is CCCc1c(C2CCCCC2N=O)noc1OS(=O)(=O)C(F)(F)F. The standard InChI is InChI=1S/C13H17F3N2O5S/c1-2-5-9-11(8-6-3-4-7-10(8)17-19)18-22-12(9)23-24(20,21)13(14,15)16/h8,10H,2-7H2,1H3. The van der Waals surface area contributed by atoms with Crippen LogP contribution in [0.2, 0.25) is 0 Å². The Morgan fingerprint density at radius 1 is 1.33 bits per heavy atom. The van der Waals surface area contributed by atoms with Gasteiger partial charge in [0.05, 0.1) is 11.3 Å². The van der Waals surface area contributed by atoms with Gasteiger partial charge in [-0.25, -0.2) is 0 Å². The molecule has 0 aliphatic heterocycles. The van der Waals surface area contributed by atoms with Crippen molar-refractivity contribution < 1.29 is 30.3 Å². The molecular formula is C13H17F3N2O5S. The molecular weight excluding hydrogens is 353 g/mol. The predicted octanol–water partition coefficient (Wildman–Crippen LogP) is 3.65. The van der Waals surface area contributed by atoms with Crippen molar-refractivity contribution in [2.75, 3.05) is 0 Å². The summed E-state index contributed by atoms with van der Waals surface area (Å²) in [5.41, 5.74) is -5.17. The molecule has 0 N–H and O–H groups in total. The van der Waals surface area contributed by atoms with Gasteiger partial charge >= 0.3 is 21.6 Å². The first kappa shape index (κ1) is 18.7. The minimum absolute atomic E-state index is 0.144. The average Bonchev–Trinajstić information content (AvgIpc) is 2.88. The van der Waals surface area contributed by atoms with Crippen LogP contribution in [0.3, 0.4) is 0 Å². The molecule has 2 atom stereocenters. The van der Waals surface area contributed by atoms with E-state index >= 15 is 0 Å². The Hall–Kier alpha value is -1.65. The smallest absolute Gasteiger partial charge is 0.337 e. The van der Waals surface area contributed by atoms with Crippen molar-refractivity contribution in [1.29, 1.82) is 0 Å². The van der Waals surface area contributed by atoms with Crippen molar-refractivity contribution in [2.45, 2.75) is 62.9 Å². The van der Waals surface area contributed by atoms with Gasteiger partial charge in [-0.3, -0.25) is 0 Å². The summed E-state index contributed by atoms with van der Waals surface area (Å²) in [4.78, 5) is 11.0. The minimum Gasteiger partial charge on any atom is -0.337 e. The molecule has 0 amide bonds. The van der Waals surface area contributed by atoms with Gasteiger partial charge in [-0.15, -0.1) is 0 Å². The van der Waals surface area contributed by atoms with E-state index in [0.29, 0.717) is 19.3 Å². The number of rotatable bonds is 6. The maximum absolute atomic E-state index is 12.5. The van der Waals surface area contributed by atoms with Crippen molar-refractivity contribution in [2.24, 2.45) is 5.18 Å². The van der Waals surface area contributed by atoms with Gasteiger partial charge in [0.2, 0.25) is 0 Å². The van der Waals surface area contributed by atoms with E-state index in [1.54, 1.807) is 6.92 Å². The van der Waals surface area contributed by atoms with E-state index < -0.39 is 33.5 Å². The first-order chi connectivity index (χ1) is 11.2. The summed E-state index contributed by atoms with van der Waals surface area (Å²) < 4.78 is 68.6. The first-order valence-electron chi connectivity index (χ1n) is 7.53. The summed E-state index contributed by atoms with van der Waals surface area (Å²) in [6.45, 7) is 1.76. The van der Waals surface area contributed by atoms with E-state index in [4.69, 9.17) is 4.52 Å². The molecule has 2 rings (SSSR count). The van der Waals surface area contributed by atoms with Gasteiger partial charge in [-0.05, 0) is 19.3 Å². The molecule has 0 aromatic carbocycles. The normalized spacial score (nSPS) is 22.3. The quantitative estimate of drug-likeness (QED) is 0.431. The van der Waals surface area contributed by atoms with Crippen molar-refractivity contribution in [3.05, 3.63) is 16.2 Å². The maximum Gasteiger partial charge on any atom is 0.534 e. The van der Waals surface area contributed by atoms with E-state index in [9.17, 15) is 26.5 Å². The van der Waals surface area contributed by atoms with E-state index in [1.807, 2.05) is 0 Å². The van der Waals surface area contributed by atoms with Crippen LogP contribution >= 0.6 is 0 Å². The third-order valence-corrected chi connectivity index (χ3v) is 4.91. The van der Waals surface area contributed by atoms with E-state index in [0.717, 1.165) is 12.8 Å². The Labute approximate surface area is 136 Å². The fourth-order valence-electron chi connectivity index (χ4n) is 2.85. The van der Waals surface area contributed by atoms with Crippen LogP contribution in [0, 0.1) is 4.91 Å².